The average molecular weight is 373 g/mol. The van der Waals surface area contributed by atoms with Crippen molar-refractivity contribution in [1.29, 1.82) is 0 Å². The van der Waals surface area contributed by atoms with E-state index in [1.54, 1.807) is 30.3 Å². The van der Waals surface area contributed by atoms with Crippen molar-refractivity contribution in [3.05, 3.63) is 75.1 Å². The van der Waals surface area contributed by atoms with E-state index in [2.05, 4.69) is 0 Å². The summed E-state index contributed by atoms with van der Waals surface area (Å²) in [5, 5.41) is 11.0. The van der Waals surface area contributed by atoms with E-state index in [1.165, 1.54) is 6.26 Å². The lowest BCUT2D eigenvalue weighted by Crippen LogP contribution is -2.31. The third-order valence-corrected chi connectivity index (χ3v) is 4.79. The Balaban J connectivity index is 1.72. The molecule has 0 bridgehead atoms. The minimum Gasteiger partial charge on any atom is -0.508 e. The molecule has 4 rings (SSSR count). The minimum absolute atomic E-state index is 0.0153. The van der Waals surface area contributed by atoms with Gasteiger partial charge < -0.3 is 19.0 Å². The van der Waals surface area contributed by atoms with Crippen molar-refractivity contribution in [2.24, 2.45) is 5.92 Å². The molecule has 3 atom stereocenters. The van der Waals surface area contributed by atoms with Gasteiger partial charge in [-0.3, -0.25) is 4.79 Å². The van der Waals surface area contributed by atoms with Crippen molar-refractivity contribution >= 4 is 22.6 Å². The van der Waals surface area contributed by atoms with Crippen LogP contribution in [-0.4, -0.2) is 11.7 Å². The van der Waals surface area contributed by atoms with Gasteiger partial charge in [0.05, 0.1) is 23.7 Å². The molecular formula is C20H17ClO5. The summed E-state index contributed by atoms with van der Waals surface area (Å²) >= 11 is 6.00. The Morgan fingerprint density at radius 2 is 1.96 bits per heavy atom. The van der Waals surface area contributed by atoms with Crippen molar-refractivity contribution in [2.75, 3.05) is 6.61 Å². The van der Waals surface area contributed by atoms with Gasteiger partial charge in [0.1, 0.15) is 17.6 Å². The van der Waals surface area contributed by atoms with E-state index in [0.29, 0.717) is 28.2 Å². The van der Waals surface area contributed by atoms with E-state index in [1.807, 2.05) is 19.1 Å². The third kappa shape index (κ3) is 2.98. The molecule has 0 saturated carbocycles. The van der Waals surface area contributed by atoms with Crippen LogP contribution in [0.1, 0.15) is 30.4 Å². The van der Waals surface area contributed by atoms with E-state index in [0.717, 1.165) is 0 Å². The molecule has 2 aromatic carbocycles. The summed E-state index contributed by atoms with van der Waals surface area (Å²) in [5.74, 6) is 0.170. The lowest BCUT2D eigenvalue weighted by Gasteiger charge is -2.35. The van der Waals surface area contributed by atoms with E-state index < -0.39 is 12.4 Å². The van der Waals surface area contributed by atoms with Crippen LogP contribution < -0.4 is 5.43 Å². The molecule has 1 aliphatic heterocycles. The summed E-state index contributed by atoms with van der Waals surface area (Å²) in [4.78, 5) is 12.8. The Kier molecular flexibility index (Phi) is 4.44. The van der Waals surface area contributed by atoms with Crippen LogP contribution in [-0.2, 0) is 9.47 Å². The number of fused-ring (bicyclic) bond motifs is 1. The van der Waals surface area contributed by atoms with Gasteiger partial charge in [-0.1, -0.05) is 36.7 Å². The first kappa shape index (κ1) is 17.1. The molecule has 0 aliphatic carbocycles. The van der Waals surface area contributed by atoms with Crippen molar-refractivity contribution in [3.63, 3.8) is 0 Å². The van der Waals surface area contributed by atoms with Gasteiger partial charge in [0, 0.05) is 16.5 Å². The number of hydrogen-bond donors (Lipinski definition) is 1. The highest BCUT2D eigenvalue weighted by atomic mass is 35.5. The molecule has 1 fully saturated rings. The summed E-state index contributed by atoms with van der Waals surface area (Å²) < 4.78 is 17.3. The molecule has 1 N–H and O–H groups in total. The smallest absolute Gasteiger partial charge is 0.201 e. The van der Waals surface area contributed by atoms with Crippen molar-refractivity contribution < 1.29 is 19.0 Å². The number of ether oxygens (including phenoxy) is 2. The Labute approximate surface area is 154 Å². The maximum absolute atomic E-state index is 12.8. The molecule has 1 aromatic heterocycles. The highest BCUT2D eigenvalue weighted by Gasteiger charge is 2.34. The monoisotopic (exact) mass is 372 g/mol. The second-order valence-corrected chi connectivity index (χ2v) is 6.86. The third-order valence-electron chi connectivity index (χ3n) is 4.56. The summed E-state index contributed by atoms with van der Waals surface area (Å²) in [6, 6.07) is 11.9. The van der Waals surface area contributed by atoms with Gasteiger partial charge in [0.2, 0.25) is 5.43 Å². The number of phenolic OH excluding ortho intramolecular Hbond substituents is 1. The fraction of sp³-hybridized carbons (Fsp3) is 0.250. The van der Waals surface area contributed by atoms with E-state index in [9.17, 15) is 9.90 Å². The molecule has 1 aliphatic rings. The zero-order chi connectivity index (χ0) is 18.3. The largest absolute Gasteiger partial charge is 0.508 e. The second-order valence-electron chi connectivity index (χ2n) is 6.42. The molecule has 134 valence electrons. The van der Waals surface area contributed by atoms with E-state index >= 15 is 0 Å². The van der Waals surface area contributed by atoms with Crippen molar-refractivity contribution in [1.82, 2.24) is 0 Å². The average Bonchev–Trinajstić information content (AvgIpc) is 2.64. The SMILES string of the molecule is C[C@@H]1COC(c2coc3ccc(Cl)cc3c2=O)O[C@@H]1c1ccccc1O. The number of para-hydroxylation sites is 1. The highest BCUT2D eigenvalue weighted by Crippen LogP contribution is 2.40. The van der Waals surface area contributed by atoms with Gasteiger partial charge in [0.25, 0.3) is 0 Å². The number of halogens is 1. The topological polar surface area (TPSA) is 68.9 Å². The van der Waals surface area contributed by atoms with Gasteiger partial charge in [-0.25, -0.2) is 0 Å². The molecule has 1 saturated heterocycles. The first-order chi connectivity index (χ1) is 12.5. The fourth-order valence-corrected chi connectivity index (χ4v) is 3.36. The van der Waals surface area contributed by atoms with Crippen LogP contribution in [0, 0.1) is 5.92 Å². The zero-order valence-electron chi connectivity index (χ0n) is 14.0. The standard InChI is InChI=1S/C20H17ClO5/c1-11-9-25-20(26-19(11)13-4-2-3-5-16(13)22)15-10-24-17-7-6-12(21)8-14(17)18(15)23/h2-8,10-11,19-20,22H,9H2,1H3/t11-,19+,20?/m1/s1. The van der Waals surface area contributed by atoms with Gasteiger partial charge in [-0.2, -0.15) is 0 Å². The molecule has 0 amide bonds. The summed E-state index contributed by atoms with van der Waals surface area (Å²) in [6.07, 6.45) is 0.0843. The molecule has 0 spiro atoms. The van der Waals surface area contributed by atoms with Crippen LogP contribution >= 0.6 is 11.6 Å². The zero-order valence-corrected chi connectivity index (χ0v) is 14.8. The normalized spacial score (nSPS) is 23.2. The number of phenols is 1. The number of aromatic hydroxyl groups is 1. The Bertz CT molecular complexity index is 1010. The van der Waals surface area contributed by atoms with Crippen LogP contribution in [0.25, 0.3) is 11.0 Å². The van der Waals surface area contributed by atoms with Crippen LogP contribution in [0.2, 0.25) is 5.02 Å². The molecule has 26 heavy (non-hydrogen) atoms. The molecule has 6 heteroatoms. The number of hydrogen-bond acceptors (Lipinski definition) is 5. The molecular weight excluding hydrogens is 356 g/mol. The maximum atomic E-state index is 12.8. The predicted molar refractivity (Wildman–Crippen MR) is 97.3 cm³/mol. The Hall–Kier alpha value is -2.34. The quantitative estimate of drug-likeness (QED) is 0.713. The maximum Gasteiger partial charge on any atom is 0.201 e. The van der Waals surface area contributed by atoms with Gasteiger partial charge in [-0.05, 0) is 24.3 Å². The van der Waals surface area contributed by atoms with Crippen molar-refractivity contribution in [2.45, 2.75) is 19.3 Å². The van der Waals surface area contributed by atoms with E-state index in [4.69, 9.17) is 25.5 Å². The molecule has 0 radical (unpaired) electrons. The first-order valence-corrected chi connectivity index (χ1v) is 8.68. The molecule has 5 nitrogen and oxygen atoms in total. The molecule has 1 unspecified atom stereocenters. The van der Waals surface area contributed by atoms with Gasteiger partial charge in [0.15, 0.2) is 6.29 Å². The van der Waals surface area contributed by atoms with Crippen LogP contribution in [0.5, 0.6) is 5.75 Å². The van der Waals surface area contributed by atoms with Gasteiger partial charge >= 0.3 is 0 Å². The fourth-order valence-electron chi connectivity index (χ4n) is 3.19. The van der Waals surface area contributed by atoms with Crippen LogP contribution in [0.3, 0.4) is 0 Å². The highest BCUT2D eigenvalue weighted by molar-refractivity contribution is 6.31. The van der Waals surface area contributed by atoms with Crippen molar-refractivity contribution in [3.8, 4) is 5.75 Å². The number of rotatable bonds is 2. The lowest BCUT2D eigenvalue weighted by atomic mass is 9.96. The number of benzene rings is 2. The van der Waals surface area contributed by atoms with Gasteiger partial charge in [-0.15, -0.1) is 0 Å². The summed E-state index contributed by atoms with van der Waals surface area (Å²) in [5.41, 5.74) is 1.14. The molecule has 3 aromatic rings. The lowest BCUT2D eigenvalue weighted by molar-refractivity contribution is -0.242. The first-order valence-electron chi connectivity index (χ1n) is 8.30. The Morgan fingerprint density at radius 1 is 1.15 bits per heavy atom. The van der Waals surface area contributed by atoms with Crippen LogP contribution in [0.15, 0.2) is 57.9 Å². The Morgan fingerprint density at radius 3 is 2.77 bits per heavy atom. The summed E-state index contributed by atoms with van der Waals surface area (Å²) in [6.45, 7) is 2.35. The predicted octanol–water partition coefficient (Wildman–Crippen LogP) is 4.57. The second kappa shape index (κ2) is 6.76. The van der Waals surface area contributed by atoms with Crippen LogP contribution in [0.4, 0.5) is 0 Å². The van der Waals surface area contributed by atoms with E-state index in [-0.39, 0.29) is 22.7 Å². The summed E-state index contributed by atoms with van der Waals surface area (Å²) in [7, 11) is 0. The minimum atomic E-state index is -0.879. The molecule has 2 heterocycles.